The van der Waals surface area contributed by atoms with Crippen LogP contribution in [0.3, 0.4) is 0 Å². The summed E-state index contributed by atoms with van der Waals surface area (Å²) < 4.78 is 3.59. The predicted octanol–water partition coefficient (Wildman–Crippen LogP) is -0.743. The summed E-state index contributed by atoms with van der Waals surface area (Å²) in [6.45, 7) is 0. The standard InChI is InChI=1S/C4H4N3/c5-4-1-6-3-7-2-4/h1-3,5H/q+1. The lowest BCUT2D eigenvalue weighted by atomic mass is 10.4. The maximum absolute atomic E-state index is 6.87. The Morgan fingerprint density at radius 1 is 1.71 bits per heavy atom. The molecule has 0 fully saturated rings. The monoisotopic (exact) mass is 94.0 g/mol. The van der Waals surface area contributed by atoms with Crippen LogP contribution in [0.25, 0.3) is 0 Å². The van der Waals surface area contributed by atoms with E-state index in [2.05, 4.69) is 9.66 Å². The predicted molar refractivity (Wildman–Crippen MR) is 30.5 cm³/mol. The van der Waals surface area contributed by atoms with Crippen molar-refractivity contribution in [3.63, 3.8) is 0 Å². The van der Waals surface area contributed by atoms with Gasteiger partial charge in [-0.15, -0.1) is 0 Å². The zero-order valence-electron chi connectivity index (χ0n) is 3.63. The van der Waals surface area contributed by atoms with E-state index < -0.39 is 0 Å². The van der Waals surface area contributed by atoms with Crippen LogP contribution in [0.15, 0.2) is 4.99 Å². The molecular formula is C4H4N3+. The van der Waals surface area contributed by atoms with Crippen molar-refractivity contribution in [2.45, 2.75) is 0 Å². The van der Waals surface area contributed by atoms with Gasteiger partial charge < -0.3 is 0 Å². The Kier molecular flexibility index (Phi) is 0.845. The molecule has 0 bridgehead atoms. The highest BCUT2D eigenvalue weighted by molar-refractivity contribution is 6.55. The third-order valence-corrected chi connectivity index (χ3v) is 0.561. The first-order chi connectivity index (χ1) is 3.39. The van der Waals surface area contributed by atoms with Gasteiger partial charge >= 0.3 is 6.34 Å². The molecule has 0 radical (unpaired) electrons. The molecule has 0 spiro atoms. The Hall–Kier alpha value is -1.21. The second-order valence-corrected chi connectivity index (χ2v) is 1.13. The molecule has 1 aliphatic heterocycles. The zero-order chi connectivity index (χ0) is 5.11. The molecule has 0 aromatic heterocycles. The fourth-order valence-corrected chi connectivity index (χ4v) is 0.299. The van der Waals surface area contributed by atoms with Crippen LogP contribution >= 0.6 is 0 Å². The van der Waals surface area contributed by atoms with Gasteiger partial charge in [0.15, 0.2) is 11.9 Å². The van der Waals surface area contributed by atoms with Gasteiger partial charge in [0.05, 0.1) is 0 Å². The van der Waals surface area contributed by atoms with Crippen molar-refractivity contribution in [2.75, 3.05) is 0 Å². The first kappa shape index (κ1) is 3.96. The molecular weight excluding hydrogens is 90.1 g/mol. The third-order valence-electron chi connectivity index (χ3n) is 0.561. The summed E-state index contributed by atoms with van der Waals surface area (Å²) in [6.07, 6.45) is 4.28. The molecule has 0 amide bonds. The minimum atomic E-state index is 0.350. The van der Waals surface area contributed by atoms with Crippen molar-refractivity contribution in [1.82, 2.24) is 4.67 Å². The minimum absolute atomic E-state index is 0.350. The summed E-state index contributed by atoms with van der Waals surface area (Å²) in [5, 5.41) is 6.87. The number of rotatable bonds is 0. The van der Waals surface area contributed by atoms with Crippen molar-refractivity contribution in [3.05, 3.63) is 0 Å². The van der Waals surface area contributed by atoms with Crippen LogP contribution in [0.2, 0.25) is 0 Å². The molecule has 7 heavy (non-hydrogen) atoms. The van der Waals surface area contributed by atoms with E-state index in [0.717, 1.165) is 0 Å². The Labute approximate surface area is 40.6 Å². The zero-order valence-corrected chi connectivity index (χ0v) is 3.63. The minimum Gasteiger partial charge on any atom is -0.293 e. The van der Waals surface area contributed by atoms with Crippen LogP contribution < -0.4 is 4.67 Å². The van der Waals surface area contributed by atoms with Crippen LogP contribution in [0.4, 0.5) is 0 Å². The van der Waals surface area contributed by atoms with E-state index in [1.165, 1.54) is 18.8 Å². The SMILES string of the molecule is N=C1C=NC=[N+]=C1. The van der Waals surface area contributed by atoms with E-state index in [1.54, 1.807) is 0 Å². The van der Waals surface area contributed by atoms with Crippen LogP contribution in [-0.2, 0) is 0 Å². The van der Waals surface area contributed by atoms with Crippen LogP contribution in [0, 0.1) is 5.41 Å². The van der Waals surface area contributed by atoms with Crippen molar-refractivity contribution in [1.29, 1.82) is 5.41 Å². The molecule has 1 aliphatic rings. The van der Waals surface area contributed by atoms with Gasteiger partial charge in [-0.2, -0.15) is 0 Å². The van der Waals surface area contributed by atoms with Gasteiger partial charge in [-0.1, -0.05) is 0 Å². The van der Waals surface area contributed by atoms with E-state index in [0.29, 0.717) is 5.71 Å². The molecule has 34 valence electrons. The number of hydrogen-bond acceptors (Lipinski definition) is 2. The molecule has 3 nitrogen and oxygen atoms in total. The second kappa shape index (κ2) is 1.49. The Bertz CT molecular complexity index is 171. The van der Waals surface area contributed by atoms with Gasteiger partial charge in [-0.3, -0.25) is 5.41 Å². The van der Waals surface area contributed by atoms with Gasteiger partial charge in [0.25, 0.3) is 0 Å². The highest BCUT2D eigenvalue weighted by atomic mass is 14.8. The molecule has 0 unspecified atom stereocenters. The van der Waals surface area contributed by atoms with Gasteiger partial charge in [0, 0.05) is 0 Å². The Morgan fingerprint density at radius 2 is 2.57 bits per heavy atom. The largest absolute Gasteiger partial charge is 0.378 e. The molecule has 1 N–H and O–H groups in total. The number of hydrogen-bond donors (Lipinski definition) is 1. The summed E-state index contributed by atoms with van der Waals surface area (Å²) in [7, 11) is 0. The van der Waals surface area contributed by atoms with Gasteiger partial charge in [0.1, 0.15) is 0 Å². The Balaban J connectivity index is 2.98. The molecule has 0 aromatic rings. The van der Waals surface area contributed by atoms with Crippen molar-refractivity contribution in [2.24, 2.45) is 4.99 Å². The van der Waals surface area contributed by atoms with Crippen LogP contribution in [-0.4, -0.2) is 24.5 Å². The lowest BCUT2D eigenvalue weighted by Crippen LogP contribution is -2.05. The summed E-state index contributed by atoms with van der Waals surface area (Å²) in [5.74, 6) is 0. The highest BCUT2D eigenvalue weighted by Gasteiger charge is 1.94. The maximum Gasteiger partial charge on any atom is 0.378 e. The Morgan fingerprint density at radius 3 is 2.86 bits per heavy atom. The quantitative estimate of drug-likeness (QED) is 0.384. The summed E-state index contributed by atoms with van der Waals surface area (Å²) in [6, 6.07) is 0. The van der Waals surface area contributed by atoms with E-state index in [1.807, 2.05) is 0 Å². The average molecular weight is 94.1 g/mol. The average Bonchev–Trinajstić information content (AvgIpc) is 1.69. The van der Waals surface area contributed by atoms with E-state index in [-0.39, 0.29) is 0 Å². The first-order valence-electron chi connectivity index (χ1n) is 1.86. The van der Waals surface area contributed by atoms with Crippen LogP contribution in [0.5, 0.6) is 0 Å². The fraction of sp³-hybridized carbons (Fsp3) is 0. The number of nitrogens with one attached hydrogen (secondary N) is 1. The molecule has 0 saturated heterocycles. The lowest BCUT2D eigenvalue weighted by molar-refractivity contribution is 1.55. The topological polar surface area (TPSA) is 50.3 Å². The van der Waals surface area contributed by atoms with Crippen molar-refractivity contribution < 1.29 is 0 Å². The molecule has 0 aliphatic carbocycles. The van der Waals surface area contributed by atoms with Gasteiger partial charge in [-0.25, -0.2) is 4.67 Å². The third kappa shape index (κ3) is 0.809. The lowest BCUT2D eigenvalue weighted by Gasteiger charge is -1.70. The van der Waals surface area contributed by atoms with Crippen LogP contribution in [0.1, 0.15) is 0 Å². The molecule has 0 aromatic carbocycles. The normalized spacial score (nSPS) is 15.7. The first-order valence-corrected chi connectivity index (χ1v) is 1.86. The number of aliphatic imine (C=N–C) groups is 1. The summed E-state index contributed by atoms with van der Waals surface area (Å²) in [4.78, 5) is 3.59. The van der Waals surface area contributed by atoms with E-state index in [4.69, 9.17) is 5.41 Å². The second-order valence-electron chi connectivity index (χ2n) is 1.13. The molecule has 1 heterocycles. The molecule has 3 heteroatoms. The molecule has 0 atom stereocenters. The smallest absolute Gasteiger partial charge is 0.293 e. The fourth-order valence-electron chi connectivity index (χ4n) is 0.299. The van der Waals surface area contributed by atoms with Gasteiger partial charge in [-0.05, 0) is 4.99 Å². The summed E-state index contributed by atoms with van der Waals surface area (Å²) >= 11 is 0. The molecule has 1 rings (SSSR count). The maximum atomic E-state index is 6.87. The van der Waals surface area contributed by atoms with Crippen molar-refractivity contribution >= 4 is 24.5 Å². The summed E-state index contributed by atoms with van der Waals surface area (Å²) in [5.41, 5.74) is 0.350. The number of nitrogens with zero attached hydrogens (tertiary/aromatic N) is 2. The molecule has 0 saturated carbocycles. The van der Waals surface area contributed by atoms with E-state index >= 15 is 0 Å². The highest BCUT2D eigenvalue weighted by Crippen LogP contribution is 1.61. The van der Waals surface area contributed by atoms with Gasteiger partial charge in [0.2, 0.25) is 6.21 Å². The van der Waals surface area contributed by atoms with Crippen molar-refractivity contribution in [3.8, 4) is 0 Å². The van der Waals surface area contributed by atoms with E-state index in [9.17, 15) is 0 Å².